The summed E-state index contributed by atoms with van der Waals surface area (Å²) in [5, 5.41) is 34.6. The van der Waals surface area contributed by atoms with E-state index < -0.39 is 71.8 Å². The second kappa shape index (κ2) is 18.5. The summed E-state index contributed by atoms with van der Waals surface area (Å²) in [5.74, 6) is -3.83. The molecule has 0 aliphatic heterocycles. The Balaban J connectivity index is 1.95. The predicted octanol–water partition coefficient (Wildman–Crippen LogP) is -0.157. The third kappa shape index (κ3) is 13.9. The largest absolute Gasteiger partial charge is 0.508 e. The molecule has 2 aromatic rings. The van der Waals surface area contributed by atoms with Crippen LogP contribution in [0.2, 0.25) is 0 Å². The van der Waals surface area contributed by atoms with Gasteiger partial charge in [-0.15, -0.1) is 0 Å². The topological polar surface area (TPSA) is 237 Å². The first-order valence-corrected chi connectivity index (χ1v) is 16.1. The first-order chi connectivity index (χ1) is 22.5. The molecule has 16 nitrogen and oxygen atoms in total. The van der Waals surface area contributed by atoms with E-state index in [9.17, 15) is 33.9 Å². The molecule has 5 amide bonds. The lowest BCUT2D eigenvalue weighted by molar-refractivity contribution is -0.154. The zero-order valence-electron chi connectivity index (χ0n) is 27.8. The average molecular weight is 692 g/mol. The van der Waals surface area contributed by atoms with Crippen molar-refractivity contribution in [2.24, 2.45) is 0 Å². The molecule has 4 atom stereocenters. The fourth-order valence-electron chi connectivity index (χ4n) is 4.04. The number of carbonyl (C=O) groups excluding carboxylic acids is 6. The van der Waals surface area contributed by atoms with Crippen molar-refractivity contribution in [3.63, 3.8) is 0 Å². The van der Waals surface area contributed by atoms with Gasteiger partial charge in [-0.05, 0) is 58.7 Å². The number of amides is 5. The van der Waals surface area contributed by atoms with Crippen LogP contribution in [0.5, 0.6) is 5.75 Å². The van der Waals surface area contributed by atoms with Crippen molar-refractivity contribution in [1.29, 1.82) is 0 Å². The van der Waals surface area contributed by atoms with Gasteiger partial charge >= 0.3 is 5.97 Å². The number of benzene rings is 1. The van der Waals surface area contributed by atoms with Crippen molar-refractivity contribution in [1.82, 2.24) is 31.6 Å². The number of esters is 1. The van der Waals surface area contributed by atoms with Crippen LogP contribution in [0.4, 0.5) is 5.13 Å². The third-order valence-corrected chi connectivity index (χ3v) is 7.45. The number of aromatic hydroxyl groups is 1. The highest BCUT2D eigenvalue weighted by Crippen LogP contribution is 2.17. The molecule has 4 unspecified atom stereocenters. The van der Waals surface area contributed by atoms with Crippen LogP contribution in [0.3, 0.4) is 0 Å². The Hall–Kier alpha value is -4.77. The van der Waals surface area contributed by atoms with Gasteiger partial charge in [0.1, 0.15) is 42.1 Å². The minimum absolute atomic E-state index is 0.00709. The summed E-state index contributed by atoms with van der Waals surface area (Å²) in [4.78, 5) is 81.0. The van der Waals surface area contributed by atoms with Crippen molar-refractivity contribution in [2.75, 3.05) is 18.4 Å². The lowest BCUT2D eigenvalue weighted by atomic mass is 10.0. The third-order valence-electron chi connectivity index (χ3n) is 6.51. The molecule has 17 heteroatoms. The zero-order valence-corrected chi connectivity index (χ0v) is 28.7. The number of nitrogens with one attached hydrogen (secondary N) is 6. The van der Waals surface area contributed by atoms with E-state index in [2.05, 4.69) is 36.9 Å². The van der Waals surface area contributed by atoms with Crippen LogP contribution in [-0.2, 0) is 46.5 Å². The number of carbonyl (C=O) groups is 6. The zero-order chi connectivity index (χ0) is 36.0. The van der Waals surface area contributed by atoms with Crippen LogP contribution in [-0.4, -0.2) is 93.6 Å². The first-order valence-electron chi connectivity index (χ1n) is 15.3. The summed E-state index contributed by atoms with van der Waals surface area (Å²) >= 11 is 1.18. The van der Waals surface area contributed by atoms with Crippen molar-refractivity contribution in [3.05, 3.63) is 40.9 Å². The molecule has 0 bridgehead atoms. The number of nitrogens with zero attached hydrogens (tertiary/aromatic N) is 1. The number of phenols is 1. The first kappa shape index (κ1) is 39.4. The van der Waals surface area contributed by atoms with Gasteiger partial charge < -0.3 is 46.9 Å². The molecule has 48 heavy (non-hydrogen) atoms. The summed E-state index contributed by atoms with van der Waals surface area (Å²) in [6.45, 7) is 8.77. The summed E-state index contributed by atoms with van der Waals surface area (Å²) in [7, 11) is 0. The molecule has 0 aliphatic carbocycles. The number of ether oxygens (including phenoxy) is 1. The molecule has 8 N–H and O–H groups in total. The Kier molecular flexibility index (Phi) is 15.2. The minimum atomic E-state index is -1.16. The van der Waals surface area contributed by atoms with Crippen molar-refractivity contribution < 1.29 is 43.7 Å². The highest BCUT2D eigenvalue weighted by molar-refractivity contribution is 7.15. The molecule has 1 aromatic heterocycles. The van der Waals surface area contributed by atoms with Crippen molar-refractivity contribution >= 4 is 52.0 Å². The molecular formula is C31H45N7O9S. The second-order valence-electron chi connectivity index (χ2n) is 11.9. The van der Waals surface area contributed by atoms with E-state index in [1.165, 1.54) is 43.5 Å². The van der Waals surface area contributed by atoms with E-state index in [1.54, 1.807) is 39.8 Å². The molecule has 0 spiro atoms. The van der Waals surface area contributed by atoms with Gasteiger partial charge in [0, 0.05) is 12.6 Å². The number of aromatic nitrogens is 1. The molecule has 1 heterocycles. The van der Waals surface area contributed by atoms with Crippen LogP contribution in [0.1, 0.15) is 58.4 Å². The van der Waals surface area contributed by atoms with Crippen LogP contribution >= 0.6 is 11.3 Å². The summed E-state index contributed by atoms with van der Waals surface area (Å²) in [5.41, 5.74) is -0.157. The predicted molar refractivity (Wildman–Crippen MR) is 177 cm³/mol. The van der Waals surface area contributed by atoms with Gasteiger partial charge in [0.25, 0.3) is 0 Å². The van der Waals surface area contributed by atoms with Gasteiger partial charge in [-0.3, -0.25) is 28.8 Å². The van der Waals surface area contributed by atoms with E-state index in [0.717, 1.165) is 0 Å². The SMILES string of the molecule is CCC(NC(=O)C(C)NC(=O)CNc1ncc(CO)s1)C(=O)NC(C)C(=O)NC(Cc1ccc(O)cc1)C(=O)NCC(=O)OC(C)(C)C. The molecule has 2 rings (SSSR count). The average Bonchev–Trinajstić information content (AvgIpc) is 3.49. The van der Waals surface area contributed by atoms with Crippen molar-refractivity contribution in [2.45, 2.75) is 90.8 Å². The monoisotopic (exact) mass is 691 g/mol. The number of thiazole rings is 1. The van der Waals surface area contributed by atoms with E-state index in [0.29, 0.717) is 15.6 Å². The normalized spacial score (nSPS) is 13.6. The maximum Gasteiger partial charge on any atom is 0.325 e. The Morgan fingerprint density at radius 3 is 2.02 bits per heavy atom. The van der Waals surface area contributed by atoms with Gasteiger partial charge in [-0.1, -0.05) is 30.4 Å². The Labute approximate surface area is 282 Å². The molecule has 0 aliphatic rings. The van der Waals surface area contributed by atoms with Gasteiger partial charge in [0.05, 0.1) is 18.0 Å². The van der Waals surface area contributed by atoms with Gasteiger partial charge in [-0.25, -0.2) is 4.98 Å². The van der Waals surface area contributed by atoms with Gasteiger partial charge in [0.2, 0.25) is 29.5 Å². The minimum Gasteiger partial charge on any atom is -0.508 e. The number of phenolic OH excluding ortho intramolecular Hbond substituents is 1. The van der Waals surface area contributed by atoms with Crippen LogP contribution in [0.25, 0.3) is 0 Å². The lowest BCUT2D eigenvalue weighted by Gasteiger charge is -2.24. The van der Waals surface area contributed by atoms with E-state index in [-0.39, 0.29) is 31.7 Å². The Morgan fingerprint density at radius 2 is 1.46 bits per heavy atom. The number of hydrogen-bond acceptors (Lipinski definition) is 12. The van der Waals surface area contributed by atoms with Crippen molar-refractivity contribution in [3.8, 4) is 5.75 Å². The molecule has 264 valence electrons. The quantitative estimate of drug-likeness (QED) is 0.102. The molecule has 0 radical (unpaired) electrons. The summed E-state index contributed by atoms with van der Waals surface area (Å²) in [6, 6.07) is 1.67. The highest BCUT2D eigenvalue weighted by Gasteiger charge is 2.29. The molecule has 0 fully saturated rings. The molecule has 1 aromatic carbocycles. The smallest absolute Gasteiger partial charge is 0.325 e. The number of rotatable bonds is 17. The van der Waals surface area contributed by atoms with Crippen LogP contribution < -0.4 is 31.9 Å². The fraction of sp³-hybridized carbons (Fsp3) is 0.516. The van der Waals surface area contributed by atoms with E-state index >= 15 is 0 Å². The Bertz CT molecular complexity index is 1430. The maximum absolute atomic E-state index is 13.1. The number of hydrogen-bond donors (Lipinski definition) is 8. The van der Waals surface area contributed by atoms with Gasteiger partial charge in [0.15, 0.2) is 5.13 Å². The van der Waals surface area contributed by atoms with Crippen LogP contribution in [0.15, 0.2) is 30.5 Å². The van der Waals surface area contributed by atoms with E-state index in [4.69, 9.17) is 9.84 Å². The summed E-state index contributed by atoms with van der Waals surface area (Å²) < 4.78 is 5.21. The number of anilines is 1. The molecule has 0 saturated heterocycles. The molecular weight excluding hydrogens is 646 g/mol. The Morgan fingerprint density at radius 1 is 0.854 bits per heavy atom. The number of aliphatic hydroxyl groups excluding tert-OH is 1. The van der Waals surface area contributed by atoms with Gasteiger partial charge in [-0.2, -0.15) is 0 Å². The van der Waals surface area contributed by atoms with Crippen LogP contribution in [0, 0.1) is 0 Å². The highest BCUT2D eigenvalue weighted by atomic mass is 32.1. The maximum atomic E-state index is 13.1. The van der Waals surface area contributed by atoms with E-state index in [1.807, 2.05) is 0 Å². The lowest BCUT2D eigenvalue weighted by Crippen LogP contribution is -2.57. The molecule has 0 saturated carbocycles. The second-order valence-corrected chi connectivity index (χ2v) is 13.0. The fourth-order valence-corrected chi connectivity index (χ4v) is 4.71. The summed E-state index contributed by atoms with van der Waals surface area (Å²) in [6.07, 6.45) is 1.65. The number of aliphatic hydroxyl groups is 1. The standard InChI is InChI=1S/C31H45N7O9S/c1-7-22(37-26(43)17(2)35-24(41)14-34-30-33-13-21(16-39)48-30)29(46)36-18(3)27(44)38-23(12-19-8-10-20(40)11-9-19)28(45)32-15-25(42)47-31(4,5)6/h8-11,13,17-18,22-23,39-40H,7,12,14-16H2,1-6H3,(H,32,45)(H,33,34)(H,35,41)(H,36,46)(H,37,43)(H,38,44).